The molecule has 0 aliphatic carbocycles. The van der Waals surface area contributed by atoms with Gasteiger partial charge in [-0.3, -0.25) is 4.79 Å². The SMILES string of the molecule is CC(=O)c1c(-c2ccc(Cl)cc2)ccc2ccccc12. The molecule has 0 atom stereocenters. The summed E-state index contributed by atoms with van der Waals surface area (Å²) in [5, 5.41) is 2.77. The maximum atomic E-state index is 12.1. The predicted molar refractivity (Wildman–Crippen MR) is 84.4 cm³/mol. The van der Waals surface area contributed by atoms with Crippen molar-refractivity contribution in [1.29, 1.82) is 0 Å². The molecular formula is C18H13ClO. The number of hydrogen-bond donors (Lipinski definition) is 0. The monoisotopic (exact) mass is 280 g/mol. The Morgan fingerprint density at radius 2 is 1.60 bits per heavy atom. The van der Waals surface area contributed by atoms with Crippen LogP contribution in [0, 0.1) is 0 Å². The first-order chi connectivity index (χ1) is 9.66. The summed E-state index contributed by atoms with van der Waals surface area (Å²) in [5.74, 6) is 0.0757. The molecule has 2 heteroatoms. The number of carbonyl (C=O) groups is 1. The number of benzene rings is 3. The minimum absolute atomic E-state index is 0.0757. The van der Waals surface area contributed by atoms with Gasteiger partial charge in [0.25, 0.3) is 0 Å². The number of rotatable bonds is 2. The second-order valence-corrected chi connectivity index (χ2v) is 5.21. The highest BCUT2D eigenvalue weighted by molar-refractivity contribution is 6.30. The van der Waals surface area contributed by atoms with E-state index in [2.05, 4.69) is 0 Å². The van der Waals surface area contributed by atoms with Crippen LogP contribution in [0.4, 0.5) is 0 Å². The number of halogens is 1. The van der Waals surface area contributed by atoms with Gasteiger partial charge in [0.05, 0.1) is 0 Å². The van der Waals surface area contributed by atoms with E-state index in [1.807, 2.05) is 60.7 Å². The van der Waals surface area contributed by atoms with Gasteiger partial charge < -0.3 is 0 Å². The van der Waals surface area contributed by atoms with Gasteiger partial charge in [-0.15, -0.1) is 0 Å². The largest absolute Gasteiger partial charge is 0.294 e. The van der Waals surface area contributed by atoms with Gasteiger partial charge >= 0.3 is 0 Å². The van der Waals surface area contributed by atoms with Crippen LogP contribution in [-0.2, 0) is 0 Å². The molecule has 0 saturated carbocycles. The lowest BCUT2D eigenvalue weighted by Crippen LogP contribution is -1.98. The van der Waals surface area contributed by atoms with Gasteiger partial charge in [-0.05, 0) is 41.0 Å². The minimum Gasteiger partial charge on any atom is -0.294 e. The quantitative estimate of drug-likeness (QED) is 0.577. The molecule has 0 bridgehead atoms. The van der Waals surface area contributed by atoms with Gasteiger partial charge in [0.2, 0.25) is 0 Å². The topological polar surface area (TPSA) is 17.1 Å². The zero-order chi connectivity index (χ0) is 14.1. The third-order valence-electron chi connectivity index (χ3n) is 3.44. The first-order valence-corrected chi connectivity index (χ1v) is 6.83. The Kier molecular flexibility index (Phi) is 3.29. The summed E-state index contributed by atoms with van der Waals surface area (Å²) in [6, 6.07) is 19.6. The molecule has 0 saturated heterocycles. The molecule has 0 spiro atoms. The number of ketones is 1. The number of Topliss-reactive ketones (excluding diaryl/α,β-unsaturated/α-hetero) is 1. The Morgan fingerprint density at radius 3 is 2.30 bits per heavy atom. The molecule has 0 amide bonds. The van der Waals surface area contributed by atoms with Crippen molar-refractivity contribution in [2.75, 3.05) is 0 Å². The van der Waals surface area contributed by atoms with E-state index in [9.17, 15) is 4.79 Å². The molecule has 0 aromatic heterocycles. The maximum absolute atomic E-state index is 12.1. The summed E-state index contributed by atoms with van der Waals surface area (Å²) in [4.78, 5) is 12.1. The fraction of sp³-hybridized carbons (Fsp3) is 0.0556. The van der Waals surface area contributed by atoms with Gasteiger partial charge in [0, 0.05) is 10.6 Å². The molecule has 0 aliphatic rings. The zero-order valence-corrected chi connectivity index (χ0v) is 11.8. The highest BCUT2D eigenvalue weighted by Crippen LogP contribution is 2.31. The Bertz CT molecular complexity index is 788. The molecule has 0 aliphatic heterocycles. The van der Waals surface area contributed by atoms with Crippen molar-refractivity contribution in [3.63, 3.8) is 0 Å². The van der Waals surface area contributed by atoms with Gasteiger partial charge in [-0.25, -0.2) is 0 Å². The molecule has 0 radical (unpaired) electrons. The molecule has 3 aromatic carbocycles. The molecule has 20 heavy (non-hydrogen) atoms. The van der Waals surface area contributed by atoms with Crippen molar-refractivity contribution < 1.29 is 4.79 Å². The molecule has 0 fully saturated rings. The van der Waals surface area contributed by atoms with E-state index < -0.39 is 0 Å². The van der Waals surface area contributed by atoms with Crippen LogP contribution in [0.1, 0.15) is 17.3 Å². The lowest BCUT2D eigenvalue weighted by Gasteiger charge is -2.11. The zero-order valence-electron chi connectivity index (χ0n) is 11.1. The van der Waals surface area contributed by atoms with Crippen molar-refractivity contribution in [1.82, 2.24) is 0 Å². The summed E-state index contributed by atoms with van der Waals surface area (Å²) in [5.41, 5.74) is 2.73. The number of fused-ring (bicyclic) bond motifs is 1. The third kappa shape index (κ3) is 2.21. The van der Waals surface area contributed by atoms with Crippen LogP contribution in [0.25, 0.3) is 21.9 Å². The maximum Gasteiger partial charge on any atom is 0.161 e. The second-order valence-electron chi connectivity index (χ2n) is 4.77. The highest BCUT2D eigenvalue weighted by atomic mass is 35.5. The lowest BCUT2D eigenvalue weighted by atomic mass is 9.92. The van der Waals surface area contributed by atoms with E-state index in [1.165, 1.54) is 0 Å². The van der Waals surface area contributed by atoms with Gasteiger partial charge in [-0.2, -0.15) is 0 Å². The highest BCUT2D eigenvalue weighted by Gasteiger charge is 2.13. The van der Waals surface area contributed by atoms with E-state index in [4.69, 9.17) is 11.6 Å². The van der Waals surface area contributed by atoms with Gasteiger partial charge in [0.15, 0.2) is 5.78 Å². The van der Waals surface area contributed by atoms with Crippen LogP contribution in [-0.4, -0.2) is 5.78 Å². The van der Waals surface area contributed by atoms with E-state index in [0.717, 1.165) is 27.5 Å². The van der Waals surface area contributed by atoms with E-state index >= 15 is 0 Å². The molecule has 0 N–H and O–H groups in total. The summed E-state index contributed by atoms with van der Waals surface area (Å²) < 4.78 is 0. The predicted octanol–water partition coefficient (Wildman–Crippen LogP) is 5.36. The smallest absolute Gasteiger partial charge is 0.161 e. The summed E-state index contributed by atoms with van der Waals surface area (Å²) in [6.45, 7) is 1.61. The first kappa shape index (κ1) is 12.9. The molecule has 0 unspecified atom stereocenters. The Hall–Kier alpha value is -2.12. The molecule has 0 heterocycles. The molecule has 3 aromatic rings. The number of hydrogen-bond acceptors (Lipinski definition) is 1. The first-order valence-electron chi connectivity index (χ1n) is 6.45. The fourth-order valence-electron chi connectivity index (χ4n) is 2.52. The normalized spacial score (nSPS) is 10.7. The average molecular weight is 281 g/mol. The van der Waals surface area contributed by atoms with Gasteiger partial charge in [-0.1, -0.05) is 60.1 Å². The van der Waals surface area contributed by atoms with Crippen LogP contribution in [0.3, 0.4) is 0 Å². The van der Waals surface area contributed by atoms with Gasteiger partial charge in [0.1, 0.15) is 0 Å². The van der Waals surface area contributed by atoms with Crippen molar-refractivity contribution in [3.05, 3.63) is 71.2 Å². The van der Waals surface area contributed by atoms with E-state index in [-0.39, 0.29) is 5.78 Å². The van der Waals surface area contributed by atoms with Crippen LogP contribution >= 0.6 is 11.6 Å². The fourth-order valence-corrected chi connectivity index (χ4v) is 2.65. The molecule has 3 rings (SSSR count). The summed E-state index contributed by atoms with van der Waals surface area (Å²) in [7, 11) is 0. The summed E-state index contributed by atoms with van der Waals surface area (Å²) >= 11 is 5.93. The van der Waals surface area contributed by atoms with Crippen LogP contribution in [0.15, 0.2) is 60.7 Å². The Balaban J connectivity index is 2.33. The number of carbonyl (C=O) groups excluding carboxylic acids is 1. The standard InChI is InChI=1S/C18H13ClO/c1-12(20)18-16-5-3-2-4-13(16)8-11-17(18)14-6-9-15(19)10-7-14/h2-11H,1H3. The van der Waals surface area contributed by atoms with Crippen molar-refractivity contribution in [2.45, 2.75) is 6.92 Å². The van der Waals surface area contributed by atoms with E-state index in [0.29, 0.717) is 5.02 Å². The minimum atomic E-state index is 0.0757. The third-order valence-corrected chi connectivity index (χ3v) is 3.69. The van der Waals surface area contributed by atoms with E-state index in [1.54, 1.807) is 6.92 Å². The molecular weight excluding hydrogens is 268 g/mol. The van der Waals surface area contributed by atoms with Crippen molar-refractivity contribution in [3.8, 4) is 11.1 Å². The van der Waals surface area contributed by atoms with Crippen molar-refractivity contribution in [2.24, 2.45) is 0 Å². The van der Waals surface area contributed by atoms with Crippen molar-refractivity contribution >= 4 is 28.2 Å². The van der Waals surface area contributed by atoms with Crippen LogP contribution in [0.5, 0.6) is 0 Å². The lowest BCUT2D eigenvalue weighted by molar-refractivity contribution is 0.102. The summed E-state index contributed by atoms with van der Waals surface area (Å²) in [6.07, 6.45) is 0. The van der Waals surface area contributed by atoms with Crippen LogP contribution < -0.4 is 0 Å². The average Bonchev–Trinajstić information content (AvgIpc) is 2.46. The molecule has 98 valence electrons. The second kappa shape index (κ2) is 5.10. The Labute approximate surface area is 122 Å². The Morgan fingerprint density at radius 1 is 0.900 bits per heavy atom. The molecule has 1 nitrogen and oxygen atoms in total. The van der Waals surface area contributed by atoms with Crippen LogP contribution in [0.2, 0.25) is 5.02 Å².